The molecule has 0 N–H and O–H groups in total. The molecule has 0 unspecified atom stereocenters. The third kappa shape index (κ3) is 5.50. The van der Waals surface area contributed by atoms with Crippen molar-refractivity contribution in [2.24, 2.45) is 0 Å². The summed E-state index contributed by atoms with van der Waals surface area (Å²) in [7, 11) is 4.49. The number of methoxy groups -OCH3 is 3. The van der Waals surface area contributed by atoms with Crippen LogP contribution in [0.15, 0.2) is 48.5 Å². The van der Waals surface area contributed by atoms with Gasteiger partial charge in [-0.1, -0.05) is 36.4 Å². The summed E-state index contributed by atoms with van der Waals surface area (Å²) in [6.45, 7) is 3.74. The van der Waals surface area contributed by atoms with Gasteiger partial charge in [0.25, 0.3) is 0 Å². The zero-order valence-electron chi connectivity index (χ0n) is 17.7. The molecule has 156 valence electrons. The molecule has 0 radical (unpaired) electrons. The second-order valence-electron chi connectivity index (χ2n) is 7.21. The molecule has 29 heavy (non-hydrogen) atoms. The van der Waals surface area contributed by atoms with Crippen LogP contribution in [0.3, 0.4) is 0 Å². The number of carbonyl (C=O) groups excluding carboxylic acids is 2. The van der Waals surface area contributed by atoms with E-state index in [9.17, 15) is 9.59 Å². The lowest BCUT2D eigenvalue weighted by Crippen LogP contribution is -2.53. The highest BCUT2D eigenvalue weighted by Gasteiger charge is 2.38. The zero-order chi connectivity index (χ0) is 21.4. The molecule has 0 saturated heterocycles. The number of hydrogen-bond donors (Lipinski definition) is 0. The van der Waals surface area contributed by atoms with Crippen molar-refractivity contribution >= 4 is 11.9 Å². The predicted octanol–water partition coefficient (Wildman–Crippen LogP) is 3.62. The number of nitrogens with zero attached hydrogens (tertiary/aromatic N) is 1. The molecule has 2 aromatic rings. The van der Waals surface area contributed by atoms with Gasteiger partial charge >= 0.3 is 5.97 Å². The maximum atomic E-state index is 13.1. The average molecular weight is 399 g/mol. The highest BCUT2D eigenvalue weighted by atomic mass is 16.5. The molecule has 2 aromatic carbocycles. The van der Waals surface area contributed by atoms with Crippen LogP contribution < -0.4 is 9.47 Å². The number of esters is 1. The molecule has 1 amide bonds. The minimum absolute atomic E-state index is 0.126. The Morgan fingerprint density at radius 2 is 1.55 bits per heavy atom. The van der Waals surface area contributed by atoms with Crippen LogP contribution in [0, 0.1) is 0 Å². The summed E-state index contributed by atoms with van der Waals surface area (Å²) in [6, 6.07) is 15.2. The van der Waals surface area contributed by atoms with Gasteiger partial charge in [0, 0.05) is 13.0 Å². The van der Waals surface area contributed by atoms with Crippen molar-refractivity contribution in [1.82, 2.24) is 4.90 Å². The first-order valence-corrected chi connectivity index (χ1v) is 9.47. The molecular formula is C23H29NO5. The molecule has 0 saturated carbocycles. The Bertz CT molecular complexity index is 832. The Morgan fingerprint density at radius 3 is 2.14 bits per heavy atom. The number of benzene rings is 2. The fraction of sp³-hybridized carbons (Fsp3) is 0.391. The number of rotatable bonds is 9. The maximum Gasteiger partial charge on any atom is 0.331 e. The lowest BCUT2D eigenvalue weighted by atomic mass is 9.99. The van der Waals surface area contributed by atoms with Crippen LogP contribution in [0.25, 0.3) is 0 Å². The van der Waals surface area contributed by atoms with Gasteiger partial charge in [-0.05, 0) is 43.5 Å². The van der Waals surface area contributed by atoms with E-state index in [4.69, 9.17) is 14.2 Å². The van der Waals surface area contributed by atoms with Gasteiger partial charge in [0.15, 0.2) is 11.5 Å². The van der Waals surface area contributed by atoms with Crippen LogP contribution >= 0.6 is 0 Å². The van der Waals surface area contributed by atoms with Crippen molar-refractivity contribution in [3.63, 3.8) is 0 Å². The summed E-state index contributed by atoms with van der Waals surface area (Å²) >= 11 is 0. The van der Waals surface area contributed by atoms with Gasteiger partial charge in [-0.25, -0.2) is 4.79 Å². The SMILES string of the molecule is COC(=O)C(C)(C)N(Cc1ccccc1)C(=O)CCc1ccc(OC)c(OC)c1. The number of aryl methyl sites for hydroxylation is 1. The summed E-state index contributed by atoms with van der Waals surface area (Å²) < 4.78 is 15.5. The molecule has 6 heteroatoms. The van der Waals surface area contributed by atoms with E-state index < -0.39 is 11.5 Å². The molecule has 0 aliphatic rings. The minimum atomic E-state index is -1.08. The minimum Gasteiger partial charge on any atom is -0.493 e. The standard InChI is InChI=1S/C23H29NO5/c1-23(2,22(26)29-5)24(16-18-9-7-6-8-10-18)21(25)14-12-17-11-13-19(27-3)20(15-17)28-4/h6-11,13,15H,12,14,16H2,1-5H3. The van der Waals surface area contributed by atoms with Gasteiger partial charge in [-0.3, -0.25) is 4.79 Å². The Kier molecular flexibility index (Phi) is 7.65. The van der Waals surface area contributed by atoms with E-state index in [-0.39, 0.29) is 12.3 Å². The van der Waals surface area contributed by atoms with Crippen molar-refractivity contribution in [2.75, 3.05) is 21.3 Å². The summed E-state index contributed by atoms with van der Waals surface area (Å²) in [5.74, 6) is 0.681. The van der Waals surface area contributed by atoms with Gasteiger partial charge in [0.05, 0.1) is 21.3 Å². The first-order chi connectivity index (χ1) is 13.8. The number of ether oxygens (including phenoxy) is 3. The predicted molar refractivity (Wildman–Crippen MR) is 111 cm³/mol. The molecule has 0 aliphatic heterocycles. The smallest absolute Gasteiger partial charge is 0.331 e. The second-order valence-corrected chi connectivity index (χ2v) is 7.21. The Balaban J connectivity index is 2.20. The molecule has 2 rings (SSSR count). The van der Waals surface area contributed by atoms with E-state index in [2.05, 4.69) is 0 Å². The first-order valence-electron chi connectivity index (χ1n) is 9.47. The zero-order valence-corrected chi connectivity index (χ0v) is 17.7. The number of amides is 1. The molecule has 0 fully saturated rings. The summed E-state index contributed by atoms with van der Waals surface area (Å²) in [4.78, 5) is 27.1. The van der Waals surface area contributed by atoms with Gasteiger partial charge in [0.1, 0.15) is 5.54 Å². The third-order valence-corrected chi connectivity index (χ3v) is 4.92. The van der Waals surface area contributed by atoms with E-state index in [0.717, 1.165) is 11.1 Å². The second kappa shape index (κ2) is 9.96. The fourth-order valence-electron chi connectivity index (χ4n) is 3.15. The normalized spacial score (nSPS) is 10.9. The molecule has 6 nitrogen and oxygen atoms in total. The van der Waals surface area contributed by atoms with Crippen LogP contribution in [-0.4, -0.2) is 43.6 Å². The quantitative estimate of drug-likeness (QED) is 0.603. The average Bonchev–Trinajstić information content (AvgIpc) is 2.75. The van der Waals surface area contributed by atoms with E-state index >= 15 is 0 Å². The molecular weight excluding hydrogens is 370 g/mol. The molecule has 0 atom stereocenters. The lowest BCUT2D eigenvalue weighted by molar-refractivity contribution is -0.160. The van der Waals surface area contributed by atoms with Crippen molar-refractivity contribution in [3.8, 4) is 11.5 Å². The van der Waals surface area contributed by atoms with Crippen LogP contribution in [-0.2, 0) is 27.3 Å². The Morgan fingerprint density at radius 1 is 0.897 bits per heavy atom. The van der Waals surface area contributed by atoms with Gasteiger partial charge in [-0.2, -0.15) is 0 Å². The summed E-state index contributed by atoms with van der Waals surface area (Å²) in [6.07, 6.45) is 0.768. The highest BCUT2D eigenvalue weighted by Crippen LogP contribution is 2.28. The van der Waals surface area contributed by atoms with Crippen LogP contribution in [0.1, 0.15) is 31.4 Å². The van der Waals surface area contributed by atoms with Crippen LogP contribution in [0.5, 0.6) is 11.5 Å². The van der Waals surface area contributed by atoms with Gasteiger partial charge < -0.3 is 19.1 Å². The topological polar surface area (TPSA) is 65.1 Å². The van der Waals surface area contributed by atoms with Crippen molar-refractivity contribution in [1.29, 1.82) is 0 Å². The Hall–Kier alpha value is -3.02. The Labute approximate surface area is 172 Å². The van der Waals surface area contributed by atoms with Gasteiger partial charge in [0.2, 0.25) is 5.91 Å². The molecule has 0 heterocycles. The monoisotopic (exact) mass is 399 g/mol. The van der Waals surface area contributed by atoms with E-state index in [1.807, 2.05) is 48.5 Å². The van der Waals surface area contributed by atoms with E-state index in [1.54, 1.807) is 33.0 Å². The molecule has 0 bridgehead atoms. The molecule has 0 aromatic heterocycles. The number of carbonyl (C=O) groups is 2. The van der Waals surface area contributed by atoms with E-state index in [0.29, 0.717) is 24.5 Å². The largest absolute Gasteiger partial charge is 0.493 e. The van der Waals surface area contributed by atoms with Crippen LogP contribution in [0.4, 0.5) is 0 Å². The summed E-state index contributed by atoms with van der Waals surface area (Å²) in [5, 5.41) is 0. The van der Waals surface area contributed by atoms with E-state index in [1.165, 1.54) is 7.11 Å². The highest BCUT2D eigenvalue weighted by molar-refractivity contribution is 5.87. The van der Waals surface area contributed by atoms with Crippen molar-refractivity contribution in [3.05, 3.63) is 59.7 Å². The summed E-state index contributed by atoms with van der Waals surface area (Å²) in [5.41, 5.74) is 0.815. The molecule has 0 spiro atoms. The van der Waals surface area contributed by atoms with Gasteiger partial charge in [-0.15, -0.1) is 0 Å². The third-order valence-electron chi connectivity index (χ3n) is 4.92. The fourth-order valence-corrected chi connectivity index (χ4v) is 3.15. The van der Waals surface area contributed by atoms with Crippen LogP contribution in [0.2, 0.25) is 0 Å². The molecule has 0 aliphatic carbocycles. The van der Waals surface area contributed by atoms with Crippen molar-refractivity contribution < 1.29 is 23.8 Å². The van der Waals surface area contributed by atoms with Crippen molar-refractivity contribution in [2.45, 2.75) is 38.8 Å². The number of hydrogen-bond acceptors (Lipinski definition) is 5. The first kappa shape index (κ1) is 22.3. The maximum absolute atomic E-state index is 13.1. The lowest BCUT2D eigenvalue weighted by Gasteiger charge is -2.36.